The Morgan fingerprint density at radius 2 is 1.71 bits per heavy atom. The van der Waals surface area contributed by atoms with E-state index in [1.807, 2.05) is 32.0 Å². The van der Waals surface area contributed by atoms with Crippen molar-refractivity contribution >= 4 is 17.4 Å². The highest BCUT2D eigenvalue weighted by Gasteiger charge is 2.08. The van der Waals surface area contributed by atoms with Gasteiger partial charge >= 0.3 is 0 Å². The predicted octanol–water partition coefficient (Wildman–Crippen LogP) is 3.91. The standard InChI is InChI=1S/C14H15ClN2/c1-8-7-13(15)9(2)6-12(8)11-4-5-14(16)17-10(11)3/h4-7H,1-3H3,(H2,16,17). The summed E-state index contributed by atoms with van der Waals surface area (Å²) in [7, 11) is 0. The topological polar surface area (TPSA) is 38.9 Å². The second-order valence-corrected chi connectivity index (χ2v) is 4.69. The summed E-state index contributed by atoms with van der Waals surface area (Å²) in [4.78, 5) is 4.29. The number of hydrogen-bond acceptors (Lipinski definition) is 2. The number of aryl methyl sites for hydroxylation is 3. The molecule has 0 aliphatic carbocycles. The molecule has 0 aliphatic rings. The van der Waals surface area contributed by atoms with Crippen LogP contribution in [-0.2, 0) is 0 Å². The van der Waals surface area contributed by atoms with Gasteiger partial charge in [0.15, 0.2) is 0 Å². The predicted molar refractivity (Wildman–Crippen MR) is 73.3 cm³/mol. The van der Waals surface area contributed by atoms with Crippen LogP contribution in [0.3, 0.4) is 0 Å². The highest BCUT2D eigenvalue weighted by molar-refractivity contribution is 6.31. The van der Waals surface area contributed by atoms with E-state index in [0.717, 1.165) is 33.0 Å². The van der Waals surface area contributed by atoms with E-state index < -0.39 is 0 Å². The van der Waals surface area contributed by atoms with Crippen LogP contribution < -0.4 is 5.73 Å². The molecule has 0 saturated carbocycles. The number of hydrogen-bond donors (Lipinski definition) is 1. The molecule has 2 nitrogen and oxygen atoms in total. The van der Waals surface area contributed by atoms with Crippen LogP contribution in [0.1, 0.15) is 16.8 Å². The van der Waals surface area contributed by atoms with Crippen molar-refractivity contribution < 1.29 is 0 Å². The molecule has 0 amide bonds. The Bertz CT molecular complexity index is 577. The number of aromatic nitrogens is 1. The normalized spacial score (nSPS) is 10.6. The Morgan fingerprint density at radius 3 is 2.35 bits per heavy atom. The fourth-order valence-corrected chi connectivity index (χ4v) is 2.15. The molecule has 88 valence electrons. The van der Waals surface area contributed by atoms with Crippen LogP contribution in [0.25, 0.3) is 11.1 Å². The van der Waals surface area contributed by atoms with Crippen molar-refractivity contribution in [2.24, 2.45) is 0 Å². The van der Waals surface area contributed by atoms with Crippen molar-refractivity contribution in [2.75, 3.05) is 5.73 Å². The molecule has 0 bridgehead atoms. The van der Waals surface area contributed by atoms with Gasteiger partial charge in [0.25, 0.3) is 0 Å². The number of anilines is 1. The van der Waals surface area contributed by atoms with Gasteiger partial charge < -0.3 is 5.73 Å². The first-order valence-corrected chi connectivity index (χ1v) is 5.87. The molecule has 3 heteroatoms. The molecule has 0 aliphatic heterocycles. The van der Waals surface area contributed by atoms with Crippen molar-refractivity contribution in [1.29, 1.82) is 0 Å². The van der Waals surface area contributed by atoms with E-state index in [0.29, 0.717) is 5.82 Å². The Labute approximate surface area is 106 Å². The summed E-state index contributed by atoms with van der Waals surface area (Å²) in [6, 6.07) is 7.92. The maximum atomic E-state index is 6.10. The van der Waals surface area contributed by atoms with Crippen LogP contribution in [0, 0.1) is 20.8 Å². The molecule has 0 saturated heterocycles. The van der Waals surface area contributed by atoms with E-state index in [4.69, 9.17) is 17.3 Å². The van der Waals surface area contributed by atoms with E-state index in [-0.39, 0.29) is 0 Å². The Balaban J connectivity index is 2.64. The van der Waals surface area contributed by atoms with E-state index in [9.17, 15) is 0 Å². The highest BCUT2D eigenvalue weighted by atomic mass is 35.5. The summed E-state index contributed by atoms with van der Waals surface area (Å²) >= 11 is 6.10. The molecule has 2 rings (SSSR count). The Kier molecular flexibility index (Phi) is 3.07. The number of benzene rings is 1. The monoisotopic (exact) mass is 246 g/mol. The SMILES string of the molecule is Cc1cc(-c2ccc(N)nc2C)c(C)cc1Cl. The van der Waals surface area contributed by atoms with E-state index in [2.05, 4.69) is 18.0 Å². The van der Waals surface area contributed by atoms with Gasteiger partial charge in [-0.1, -0.05) is 11.6 Å². The summed E-state index contributed by atoms with van der Waals surface area (Å²) in [6.07, 6.45) is 0. The molecule has 17 heavy (non-hydrogen) atoms. The lowest BCUT2D eigenvalue weighted by Crippen LogP contribution is -1.95. The molecule has 2 aromatic rings. The fraction of sp³-hybridized carbons (Fsp3) is 0.214. The van der Waals surface area contributed by atoms with E-state index in [1.165, 1.54) is 0 Å². The van der Waals surface area contributed by atoms with Crippen molar-refractivity contribution in [3.63, 3.8) is 0 Å². The maximum absolute atomic E-state index is 6.10. The molecular weight excluding hydrogens is 232 g/mol. The van der Waals surface area contributed by atoms with Gasteiger partial charge in [0.05, 0.1) is 0 Å². The number of nitrogen functional groups attached to an aromatic ring is 1. The second-order valence-electron chi connectivity index (χ2n) is 4.29. The molecule has 0 atom stereocenters. The lowest BCUT2D eigenvalue weighted by molar-refractivity contribution is 1.21. The van der Waals surface area contributed by atoms with Crippen LogP contribution in [0.4, 0.5) is 5.82 Å². The first-order chi connectivity index (χ1) is 7.99. The highest BCUT2D eigenvalue weighted by Crippen LogP contribution is 2.30. The molecule has 0 unspecified atom stereocenters. The molecule has 2 N–H and O–H groups in total. The van der Waals surface area contributed by atoms with Gasteiger partial charge in [-0.25, -0.2) is 4.98 Å². The lowest BCUT2D eigenvalue weighted by atomic mass is 9.97. The van der Waals surface area contributed by atoms with E-state index in [1.54, 1.807) is 0 Å². The number of pyridine rings is 1. The molecule has 0 radical (unpaired) electrons. The maximum Gasteiger partial charge on any atom is 0.123 e. The molecule has 1 heterocycles. The summed E-state index contributed by atoms with van der Waals surface area (Å²) in [5.41, 5.74) is 11.1. The molecular formula is C14H15ClN2. The van der Waals surface area contributed by atoms with Crippen molar-refractivity contribution in [1.82, 2.24) is 4.98 Å². The number of nitrogens with zero attached hydrogens (tertiary/aromatic N) is 1. The zero-order valence-corrected chi connectivity index (χ0v) is 11.0. The first-order valence-electron chi connectivity index (χ1n) is 5.49. The van der Waals surface area contributed by atoms with Gasteiger partial charge in [0.1, 0.15) is 5.82 Å². The van der Waals surface area contributed by atoms with Crippen LogP contribution in [-0.4, -0.2) is 4.98 Å². The van der Waals surface area contributed by atoms with Gasteiger partial charge in [0.2, 0.25) is 0 Å². The molecule has 0 spiro atoms. The Morgan fingerprint density at radius 1 is 1.00 bits per heavy atom. The van der Waals surface area contributed by atoms with Gasteiger partial charge in [-0.2, -0.15) is 0 Å². The van der Waals surface area contributed by atoms with Crippen LogP contribution in [0.5, 0.6) is 0 Å². The smallest absolute Gasteiger partial charge is 0.123 e. The average molecular weight is 247 g/mol. The van der Waals surface area contributed by atoms with Gasteiger partial charge in [-0.05, 0) is 61.7 Å². The summed E-state index contributed by atoms with van der Waals surface area (Å²) in [5, 5.41) is 0.798. The average Bonchev–Trinajstić information content (AvgIpc) is 2.24. The lowest BCUT2D eigenvalue weighted by Gasteiger charge is -2.11. The largest absolute Gasteiger partial charge is 0.384 e. The summed E-state index contributed by atoms with van der Waals surface area (Å²) < 4.78 is 0. The van der Waals surface area contributed by atoms with Crippen molar-refractivity contribution in [2.45, 2.75) is 20.8 Å². The molecule has 1 aromatic carbocycles. The zero-order valence-electron chi connectivity index (χ0n) is 10.2. The summed E-state index contributed by atoms with van der Waals surface area (Å²) in [5.74, 6) is 0.551. The van der Waals surface area contributed by atoms with Crippen LogP contribution in [0.2, 0.25) is 5.02 Å². The molecule has 1 aromatic heterocycles. The quantitative estimate of drug-likeness (QED) is 0.829. The summed E-state index contributed by atoms with van der Waals surface area (Å²) in [6.45, 7) is 6.02. The van der Waals surface area contributed by atoms with Crippen LogP contribution in [0.15, 0.2) is 24.3 Å². The number of halogens is 1. The van der Waals surface area contributed by atoms with Crippen LogP contribution >= 0.6 is 11.6 Å². The van der Waals surface area contributed by atoms with Gasteiger partial charge in [-0.3, -0.25) is 0 Å². The third-order valence-corrected chi connectivity index (χ3v) is 3.31. The fourth-order valence-electron chi connectivity index (χ4n) is 1.94. The van der Waals surface area contributed by atoms with Gasteiger partial charge in [0, 0.05) is 16.3 Å². The minimum Gasteiger partial charge on any atom is -0.384 e. The van der Waals surface area contributed by atoms with E-state index >= 15 is 0 Å². The minimum atomic E-state index is 0.551. The van der Waals surface area contributed by atoms with Gasteiger partial charge in [-0.15, -0.1) is 0 Å². The minimum absolute atomic E-state index is 0.551. The molecule has 0 fully saturated rings. The third kappa shape index (κ3) is 2.27. The first kappa shape index (κ1) is 11.9. The number of rotatable bonds is 1. The third-order valence-electron chi connectivity index (χ3n) is 2.90. The van der Waals surface area contributed by atoms with Crippen molar-refractivity contribution in [3.05, 3.63) is 46.1 Å². The second kappa shape index (κ2) is 4.38. The Hall–Kier alpha value is -1.54. The van der Waals surface area contributed by atoms with Crippen molar-refractivity contribution in [3.8, 4) is 11.1 Å². The zero-order chi connectivity index (χ0) is 12.6. The number of nitrogens with two attached hydrogens (primary N) is 1.